The molecule has 4 N–H and O–H groups in total. The zero-order valence-corrected chi connectivity index (χ0v) is 7.84. The zero-order chi connectivity index (χ0) is 11.4. The summed E-state index contributed by atoms with van der Waals surface area (Å²) in [6, 6.07) is -1.06. The van der Waals surface area contributed by atoms with Crippen molar-refractivity contribution >= 4 is 0 Å². The van der Waals surface area contributed by atoms with Crippen LogP contribution in [-0.4, -0.2) is 64.1 Å². The van der Waals surface area contributed by atoms with Gasteiger partial charge in [-0.1, -0.05) is 5.11 Å². The van der Waals surface area contributed by atoms with Gasteiger partial charge in [-0.2, -0.15) is 0 Å². The van der Waals surface area contributed by atoms with Gasteiger partial charge in [-0.05, 0) is 5.53 Å². The molecule has 1 aliphatic rings. The number of aliphatic hydroxyl groups excluding tert-OH is 4. The molecule has 0 aromatic heterocycles. The van der Waals surface area contributed by atoms with E-state index < -0.39 is 43.7 Å². The number of aliphatic hydroxyl groups is 4. The Bertz CT molecular complexity index is 255. The van der Waals surface area contributed by atoms with Gasteiger partial charge < -0.3 is 25.2 Å². The third-order valence-corrected chi connectivity index (χ3v) is 2.36. The van der Waals surface area contributed by atoms with E-state index in [-0.39, 0.29) is 0 Å². The lowest BCUT2D eigenvalue weighted by molar-refractivity contribution is -0.196. The fraction of sp³-hybridized carbons (Fsp3) is 1.00. The molecule has 0 aliphatic carbocycles. The molecule has 5 atom stereocenters. The molecule has 86 valence electrons. The van der Waals surface area contributed by atoms with Gasteiger partial charge in [-0.15, -0.1) is 0 Å². The van der Waals surface area contributed by atoms with Crippen LogP contribution in [0.2, 0.25) is 0 Å². The van der Waals surface area contributed by atoms with Crippen molar-refractivity contribution < 1.29 is 25.2 Å². The second kappa shape index (κ2) is 5.26. The van der Waals surface area contributed by atoms with Gasteiger partial charge in [0.1, 0.15) is 12.2 Å². The smallest absolute Gasteiger partial charge is 0.109 e. The van der Waals surface area contributed by atoms with E-state index in [2.05, 4.69) is 10.0 Å². The summed E-state index contributed by atoms with van der Waals surface area (Å²) in [5.74, 6) is 0. The summed E-state index contributed by atoms with van der Waals surface area (Å²) in [5.41, 5.74) is 8.24. The Hall–Kier alpha value is -0.890. The van der Waals surface area contributed by atoms with Crippen molar-refractivity contribution in [3.8, 4) is 0 Å². The second-order valence-corrected chi connectivity index (χ2v) is 3.25. The Balaban J connectivity index is 2.83. The van der Waals surface area contributed by atoms with E-state index in [0.717, 1.165) is 0 Å². The fourth-order valence-electron chi connectivity index (χ4n) is 1.53. The third-order valence-electron chi connectivity index (χ3n) is 2.36. The van der Waals surface area contributed by atoms with Crippen molar-refractivity contribution in [1.82, 2.24) is 0 Å². The Morgan fingerprint density at radius 3 is 2.20 bits per heavy atom. The second-order valence-electron chi connectivity index (χ2n) is 3.25. The molecule has 1 rings (SSSR count). The number of hydrogen-bond donors (Lipinski definition) is 4. The van der Waals surface area contributed by atoms with E-state index in [1.54, 1.807) is 0 Å². The Labute approximate surface area is 85.3 Å². The van der Waals surface area contributed by atoms with Crippen molar-refractivity contribution in [3.63, 3.8) is 0 Å². The van der Waals surface area contributed by atoms with Gasteiger partial charge in [0.05, 0.1) is 31.5 Å². The topological polar surface area (TPSA) is 139 Å². The van der Waals surface area contributed by atoms with Gasteiger partial charge in [0.25, 0.3) is 0 Å². The van der Waals surface area contributed by atoms with E-state index in [4.69, 9.17) is 20.5 Å². The molecule has 0 amide bonds. The van der Waals surface area contributed by atoms with Gasteiger partial charge in [0.15, 0.2) is 0 Å². The molecular formula is C7H13N3O5. The summed E-state index contributed by atoms with van der Waals surface area (Å²) in [7, 11) is 0. The van der Waals surface area contributed by atoms with Gasteiger partial charge in [0, 0.05) is 4.91 Å². The maximum Gasteiger partial charge on any atom is 0.109 e. The summed E-state index contributed by atoms with van der Waals surface area (Å²) in [6.07, 6.45) is -4.60. The highest BCUT2D eigenvalue weighted by Gasteiger charge is 2.43. The van der Waals surface area contributed by atoms with Gasteiger partial charge >= 0.3 is 0 Å². The molecule has 8 heteroatoms. The van der Waals surface area contributed by atoms with Crippen LogP contribution in [0, 0.1) is 0 Å². The molecule has 1 saturated heterocycles. The number of ether oxygens (including phenoxy) is 1. The number of hydrogen-bond acceptors (Lipinski definition) is 6. The minimum atomic E-state index is -1.36. The zero-order valence-electron chi connectivity index (χ0n) is 7.84. The lowest BCUT2D eigenvalue weighted by Crippen LogP contribution is -2.58. The van der Waals surface area contributed by atoms with Crippen molar-refractivity contribution in [2.45, 2.75) is 30.5 Å². The first-order valence-corrected chi connectivity index (χ1v) is 4.43. The molecule has 1 fully saturated rings. The maximum absolute atomic E-state index is 9.55. The van der Waals surface area contributed by atoms with Gasteiger partial charge in [-0.25, -0.2) is 0 Å². The first-order valence-electron chi connectivity index (χ1n) is 4.43. The Morgan fingerprint density at radius 1 is 1.13 bits per heavy atom. The monoisotopic (exact) mass is 219 g/mol. The molecule has 0 bridgehead atoms. The van der Waals surface area contributed by atoms with Crippen LogP contribution in [0.15, 0.2) is 5.11 Å². The highest BCUT2D eigenvalue weighted by Crippen LogP contribution is 2.23. The SMILES string of the molecule is [N-]=[N+]=NC1C(CO)OC(CO)C(O)C1O. The molecule has 0 aromatic carbocycles. The summed E-state index contributed by atoms with van der Waals surface area (Å²) in [4.78, 5) is 2.49. The van der Waals surface area contributed by atoms with E-state index in [9.17, 15) is 10.2 Å². The fourth-order valence-corrected chi connectivity index (χ4v) is 1.53. The molecule has 1 heterocycles. The van der Waals surface area contributed by atoms with E-state index in [1.807, 2.05) is 0 Å². The highest BCUT2D eigenvalue weighted by molar-refractivity contribution is 4.96. The minimum absolute atomic E-state index is 0.468. The molecule has 15 heavy (non-hydrogen) atoms. The highest BCUT2D eigenvalue weighted by atomic mass is 16.5. The largest absolute Gasteiger partial charge is 0.394 e. The van der Waals surface area contributed by atoms with Crippen LogP contribution < -0.4 is 0 Å². The molecule has 0 spiro atoms. The minimum Gasteiger partial charge on any atom is -0.394 e. The van der Waals surface area contributed by atoms with Crippen molar-refractivity contribution in [2.24, 2.45) is 5.11 Å². The van der Waals surface area contributed by atoms with Gasteiger partial charge in [-0.3, -0.25) is 0 Å². The van der Waals surface area contributed by atoms with Crippen LogP contribution in [0.4, 0.5) is 0 Å². The Morgan fingerprint density at radius 2 is 1.73 bits per heavy atom. The summed E-state index contributed by atoms with van der Waals surface area (Å²) < 4.78 is 5.06. The molecule has 5 unspecified atom stereocenters. The molecule has 1 aliphatic heterocycles. The van der Waals surface area contributed by atoms with Crippen LogP contribution in [0.3, 0.4) is 0 Å². The first-order chi connectivity index (χ1) is 7.15. The molecule has 0 aromatic rings. The van der Waals surface area contributed by atoms with Crippen LogP contribution in [0.25, 0.3) is 10.4 Å². The molecule has 0 radical (unpaired) electrons. The van der Waals surface area contributed by atoms with Crippen molar-refractivity contribution in [1.29, 1.82) is 0 Å². The van der Waals surface area contributed by atoms with E-state index >= 15 is 0 Å². The van der Waals surface area contributed by atoms with E-state index in [1.165, 1.54) is 0 Å². The average Bonchev–Trinajstić information content (AvgIpc) is 2.25. The lowest BCUT2D eigenvalue weighted by Gasteiger charge is -2.39. The van der Waals surface area contributed by atoms with Crippen LogP contribution in [-0.2, 0) is 4.74 Å². The average molecular weight is 219 g/mol. The van der Waals surface area contributed by atoms with Crippen LogP contribution in [0.5, 0.6) is 0 Å². The summed E-state index contributed by atoms with van der Waals surface area (Å²) >= 11 is 0. The number of azide groups is 1. The predicted octanol–water partition coefficient (Wildman–Crippen LogP) is -1.86. The summed E-state index contributed by atoms with van der Waals surface area (Å²) in [5, 5.41) is 40.0. The van der Waals surface area contributed by atoms with Crippen LogP contribution >= 0.6 is 0 Å². The van der Waals surface area contributed by atoms with Gasteiger partial charge in [0.2, 0.25) is 0 Å². The maximum atomic E-state index is 9.55. The Kier molecular flexibility index (Phi) is 4.28. The number of rotatable bonds is 3. The first kappa shape index (κ1) is 12.2. The van der Waals surface area contributed by atoms with Crippen LogP contribution in [0.1, 0.15) is 0 Å². The molecule has 0 saturated carbocycles. The molecular weight excluding hydrogens is 206 g/mol. The standard InChI is InChI=1S/C7H13N3O5/c8-10-9-5-3(1-11)15-4(2-12)6(13)7(5)14/h3-7,11-14H,1-2H2. The normalized spacial score (nSPS) is 40.9. The van der Waals surface area contributed by atoms with E-state index in [0.29, 0.717) is 0 Å². The predicted molar refractivity (Wildman–Crippen MR) is 47.8 cm³/mol. The molecule has 8 nitrogen and oxygen atoms in total. The number of nitrogens with zero attached hydrogens (tertiary/aromatic N) is 3. The lowest BCUT2D eigenvalue weighted by atomic mass is 9.94. The van der Waals surface area contributed by atoms with Crippen molar-refractivity contribution in [3.05, 3.63) is 10.4 Å². The summed E-state index contributed by atoms with van der Waals surface area (Å²) in [6.45, 7) is -0.957. The quantitative estimate of drug-likeness (QED) is 0.250. The third kappa shape index (κ3) is 2.37. The van der Waals surface area contributed by atoms with Crippen molar-refractivity contribution in [2.75, 3.05) is 13.2 Å².